The van der Waals surface area contributed by atoms with Crippen LogP contribution in [0.15, 0.2) is 197 Å². The summed E-state index contributed by atoms with van der Waals surface area (Å²) in [5, 5.41) is 9.33. The van der Waals surface area contributed by atoms with Crippen LogP contribution in [0.2, 0.25) is 0 Å². The molecule has 0 N–H and O–H groups in total. The summed E-state index contributed by atoms with van der Waals surface area (Å²) in [6.07, 6.45) is 0. The fraction of sp³-hybridized carbons (Fsp3) is 0. The van der Waals surface area contributed by atoms with Crippen molar-refractivity contribution in [1.82, 2.24) is 0 Å². The third-order valence-corrected chi connectivity index (χ3v) is 10.6. The number of nitrogens with zero attached hydrogens (tertiary/aromatic N) is 1. The Balaban J connectivity index is 1.09. The van der Waals surface area contributed by atoms with Gasteiger partial charge in [-0.2, -0.15) is 0 Å². The molecular weight excluding hydrogens is 647 g/mol. The van der Waals surface area contributed by atoms with Crippen LogP contribution in [0.4, 0.5) is 17.1 Å². The first kappa shape index (κ1) is 29.6. The molecule has 0 saturated heterocycles. The molecule has 0 unspecified atom stereocenters. The van der Waals surface area contributed by atoms with Crippen LogP contribution < -0.4 is 4.90 Å². The van der Waals surface area contributed by atoms with Gasteiger partial charge >= 0.3 is 0 Å². The van der Waals surface area contributed by atoms with E-state index in [4.69, 9.17) is 8.83 Å². The molecule has 248 valence electrons. The Morgan fingerprint density at radius 3 is 1.68 bits per heavy atom. The van der Waals surface area contributed by atoms with Crippen molar-refractivity contribution >= 4 is 82.5 Å². The lowest BCUT2D eigenvalue weighted by Gasteiger charge is -2.26. The second-order valence-electron chi connectivity index (χ2n) is 13.7. The van der Waals surface area contributed by atoms with Crippen molar-refractivity contribution in [2.24, 2.45) is 0 Å². The molecule has 3 nitrogen and oxygen atoms in total. The number of furan rings is 2. The summed E-state index contributed by atoms with van der Waals surface area (Å²) in [4.78, 5) is 2.31. The minimum absolute atomic E-state index is 0.856. The summed E-state index contributed by atoms with van der Waals surface area (Å²) in [6, 6.07) is 66.9. The Bertz CT molecular complexity index is 3180. The van der Waals surface area contributed by atoms with E-state index in [1.165, 1.54) is 38.2 Å². The van der Waals surface area contributed by atoms with Gasteiger partial charge in [0.25, 0.3) is 0 Å². The summed E-state index contributed by atoms with van der Waals surface area (Å²) in [5.74, 6) is 0. The van der Waals surface area contributed by atoms with Gasteiger partial charge in [0, 0.05) is 44.7 Å². The van der Waals surface area contributed by atoms with Gasteiger partial charge in [0.05, 0.1) is 0 Å². The maximum absolute atomic E-state index is 6.50. The lowest BCUT2D eigenvalue weighted by atomic mass is 9.97. The van der Waals surface area contributed by atoms with Gasteiger partial charge < -0.3 is 13.7 Å². The average Bonchev–Trinajstić information content (AvgIpc) is 3.79. The maximum atomic E-state index is 6.50. The number of hydrogen-bond donors (Lipinski definition) is 0. The zero-order valence-electron chi connectivity index (χ0n) is 28.7. The van der Waals surface area contributed by atoms with Crippen LogP contribution in [0.5, 0.6) is 0 Å². The average molecular weight is 678 g/mol. The van der Waals surface area contributed by atoms with Crippen LogP contribution >= 0.6 is 0 Å². The smallest absolute Gasteiger partial charge is 0.137 e. The van der Waals surface area contributed by atoms with Crippen LogP contribution in [0.1, 0.15) is 0 Å². The molecule has 0 aliphatic carbocycles. The molecule has 2 heterocycles. The summed E-state index contributed by atoms with van der Waals surface area (Å²) in [5.41, 5.74) is 11.2. The first-order valence-corrected chi connectivity index (χ1v) is 18.0. The molecule has 3 heteroatoms. The van der Waals surface area contributed by atoms with Gasteiger partial charge in [-0.15, -0.1) is 0 Å². The quantitative estimate of drug-likeness (QED) is 0.182. The predicted molar refractivity (Wildman–Crippen MR) is 222 cm³/mol. The number of hydrogen-bond acceptors (Lipinski definition) is 3. The molecule has 9 aromatic carbocycles. The highest BCUT2D eigenvalue weighted by atomic mass is 16.3. The molecule has 11 rings (SSSR count). The Hall–Kier alpha value is -7.10. The Morgan fingerprint density at radius 1 is 0.302 bits per heavy atom. The number of fused-ring (bicyclic) bond motifs is 8. The van der Waals surface area contributed by atoms with E-state index in [0.717, 1.165) is 66.5 Å². The van der Waals surface area contributed by atoms with E-state index in [1.807, 2.05) is 12.1 Å². The minimum atomic E-state index is 0.856. The highest BCUT2D eigenvalue weighted by Crippen LogP contribution is 2.43. The van der Waals surface area contributed by atoms with Crippen molar-refractivity contribution in [3.63, 3.8) is 0 Å². The fourth-order valence-electron chi connectivity index (χ4n) is 8.02. The van der Waals surface area contributed by atoms with Gasteiger partial charge in [0.1, 0.15) is 22.3 Å². The van der Waals surface area contributed by atoms with E-state index in [9.17, 15) is 0 Å². The minimum Gasteiger partial charge on any atom is -0.456 e. The maximum Gasteiger partial charge on any atom is 0.137 e. The highest BCUT2D eigenvalue weighted by molar-refractivity contribution is 6.14. The summed E-state index contributed by atoms with van der Waals surface area (Å²) in [7, 11) is 0. The van der Waals surface area contributed by atoms with Crippen LogP contribution in [0, 0.1) is 0 Å². The normalized spacial score (nSPS) is 11.8. The highest BCUT2D eigenvalue weighted by Gasteiger charge is 2.19. The van der Waals surface area contributed by atoms with Crippen molar-refractivity contribution < 1.29 is 8.83 Å². The van der Waals surface area contributed by atoms with Crippen molar-refractivity contribution in [3.8, 4) is 22.3 Å². The first-order valence-electron chi connectivity index (χ1n) is 18.0. The van der Waals surface area contributed by atoms with Crippen molar-refractivity contribution in [2.75, 3.05) is 4.90 Å². The molecule has 2 aromatic heterocycles. The Kier molecular flexibility index (Phi) is 6.55. The molecule has 0 aliphatic heterocycles. The van der Waals surface area contributed by atoms with Crippen LogP contribution in [-0.4, -0.2) is 0 Å². The topological polar surface area (TPSA) is 29.5 Å². The van der Waals surface area contributed by atoms with Gasteiger partial charge in [0.15, 0.2) is 0 Å². The van der Waals surface area contributed by atoms with Gasteiger partial charge in [-0.05, 0) is 111 Å². The van der Waals surface area contributed by atoms with Crippen molar-refractivity contribution in [2.45, 2.75) is 0 Å². The molecule has 0 saturated carbocycles. The third-order valence-electron chi connectivity index (χ3n) is 10.6. The molecular formula is C50H31NO2. The van der Waals surface area contributed by atoms with E-state index in [0.29, 0.717) is 0 Å². The molecule has 0 amide bonds. The molecule has 0 fully saturated rings. The van der Waals surface area contributed by atoms with Gasteiger partial charge in [-0.1, -0.05) is 115 Å². The molecule has 0 spiro atoms. The largest absolute Gasteiger partial charge is 0.456 e. The van der Waals surface area contributed by atoms with E-state index in [1.54, 1.807) is 0 Å². The van der Waals surface area contributed by atoms with Crippen molar-refractivity contribution in [1.29, 1.82) is 0 Å². The van der Waals surface area contributed by atoms with E-state index < -0.39 is 0 Å². The van der Waals surface area contributed by atoms with E-state index >= 15 is 0 Å². The fourth-order valence-corrected chi connectivity index (χ4v) is 8.02. The van der Waals surface area contributed by atoms with E-state index in [-0.39, 0.29) is 0 Å². The predicted octanol–water partition coefficient (Wildman–Crippen LogP) is 14.6. The van der Waals surface area contributed by atoms with Gasteiger partial charge in [-0.25, -0.2) is 0 Å². The van der Waals surface area contributed by atoms with Gasteiger partial charge in [-0.3, -0.25) is 0 Å². The third kappa shape index (κ3) is 4.90. The summed E-state index contributed by atoms with van der Waals surface area (Å²) >= 11 is 0. The number of para-hydroxylation sites is 1. The standard InChI is InChI=1S/C50H31NO2/c1-3-10-35-28-37(18-16-32(35)8-1)34-20-22-39(23-21-34)51(41-24-26-44-43-12-5-6-14-46(43)53-49(44)31-41)40-25-27-47-45(30-40)50-42(13-7-15-48(50)52-47)38-19-17-33-9-2-4-11-36(33)29-38/h1-31H. The van der Waals surface area contributed by atoms with Gasteiger partial charge in [0.2, 0.25) is 0 Å². The van der Waals surface area contributed by atoms with E-state index in [2.05, 4.69) is 181 Å². The number of rotatable bonds is 5. The molecule has 0 radical (unpaired) electrons. The molecule has 53 heavy (non-hydrogen) atoms. The second-order valence-corrected chi connectivity index (χ2v) is 13.7. The van der Waals surface area contributed by atoms with Crippen LogP contribution in [0.3, 0.4) is 0 Å². The summed E-state index contributed by atoms with van der Waals surface area (Å²) < 4.78 is 12.9. The van der Waals surface area contributed by atoms with Crippen LogP contribution in [0.25, 0.3) is 87.7 Å². The Morgan fingerprint density at radius 2 is 0.868 bits per heavy atom. The number of anilines is 3. The monoisotopic (exact) mass is 677 g/mol. The number of benzene rings is 9. The lowest BCUT2D eigenvalue weighted by Crippen LogP contribution is -2.09. The lowest BCUT2D eigenvalue weighted by molar-refractivity contribution is 0.668. The molecule has 0 bridgehead atoms. The SMILES string of the molecule is c1ccc2cc(-c3ccc(N(c4ccc5c(c4)oc4ccccc45)c4ccc5oc6cccc(-c7ccc8ccccc8c7)c6c5c4)cc3)ccc2c1. The molecule has 0 aliphatic rings. The Labute approximate surface area is 305 Å². The zero-order chi connectivity index (χ0) is 34.9. The second kappa shape index (κ2) is 11.7. The molecule has 11 aromatic rings. The molecule has 0 atom stereocenters. The summed E-state index contributed by atoms with van der Waals surface area (Å²) in [6.45, 7) is 0. The first-order chi connectivity index (χ1) is 26.2. The zero-order valence-corrected chi connectivity index (χ0v) is 28.7. The van der Waals surface area contributed by atoms with Crippen molar-refractivity contribution in [3.05, 3.63) is 188 Å². The van der Waals surface area contributed by atoms with Crippen LogP contribution in [-0.2, 0) is 0 Å².